The van der Waals surface area contributed by atoms with Gasteiger partial charge in [-0.05, 0) is 11.6 Å². The van der Waals surface area contributed by atoms with Gasteiger partial charge in [-0.15, -0.1) is 0 Å². The third kappa shape index (κ3) is 4.90. The number of nitrogens with one attached hydrogen (secondary N) is 1. The lowest BCUT2D eigenvalue weighted by atomic mass is 10.1. The molecule has 1 aromatic carbocycles. The summed E-state index contributed by atoms with van der Waals surface area (Å²) >= 11 is 0. The maximum Gasteiger partial charge on any atom is 0.321 e. The van der Waals surface area contributed by atoms with Crippen molar-refractivity contribution in [1.82, 2.24) is 19.8 Å². The van der Waals surface area contributed by atoms with E-state index in [9.17, 15) is 4.79 Å². The van der Waals surface area contributed by atoms with Gasteiger partial charge in [0.15, 0.2) is 0 Å². The lowest BCUT2D eigenvalue weighted by Gasteiger charge is -2.27. The van der Waals surface area contributed by atoms with Crippen LogP contribution in [-0.2, 0) is 17.8 Å². The Morgan fingerprint density at radius 1 is 1.27 bits per heavy atom. The molecule has 1 saturated heterocycles. The molecule has 0 spiro atoms. The van der Waals surface area contributed by atoms with Gasteiger partial charge in [-0.2, -0.15) is 0 Å². The number of benzene rings is 1. The van der Waals surface area contributed by atoms with Crippen molar-refractivity contribution in [3.8, 4) is 0 Å². The second-order valence-corrected chi connectivity index (χ2v) is 6.28. The minimum absolute atomic E-state index is 0.184. The summed E-state index contributed by atoms with van der Waals surface area (Å²) in [5.41, 5.74) is 8.22. The minimum Gasteiger partial charge on any atom is -0.379 e. The fraction of sp³-hybridized carbons (Fsp3) is 0.389. The van der Waals surface area contributed by atoms with Gasteiger partial charge in [-0.25, -0.2) is 14.8 Å². The number of para-hydroxylation sites is 1. The van der Waals surface area contributed by atoms with Crippen LogP contribution in [0.3, 0.4) is 0 Å². The summed E-state index contributed by atoms with van der Waals surface area (Å²) in [6.07, 6.45) is 3.25. The van der Waals surface area contributed by atoms with Crippen LogP contribution in [0.5, 0.6) is 0 Å². The number of hydrogen-bond acceptors (Lipinski definition) is 6. The van der Waals surface area contributed by atoms with E-state index in [4.69, 9.17) is 10.5 Å². The van der Waals surface area contributed by atoms with Crippen LogP contribution >= 0.6 is 0 Å². The highest BCUT2D eigenvalue weighted by atomic mass is 16.5. The Kier molecular flexibility index (Phi) is 5.98. The predicted octanol–water partition coefficient (Wildman–Crippen LogP) is 1.55. The first-order chi connectivity index (χ1) is 12.6. The van der Waals surface area contributed by atoms with Gasteiger partial charge >= 0.3 is 6.03 Å². The molecule has 0 saturated carbocycles. The van der Waals surface area contributed by atoms with E-state index in [0.717, 1.165) is 49.7 Å². The van der Waals surface area contributed by atoms with Gasteiger partial charge in [-0.1, -0.05) is 18.2 Å². The largest absolute Gasteiger partial charge is 0.379 e. The molecule has 0 aliphatic carbocycles. The van der Waals surface area contributed by atoms with Crippen LogP contribution < -0.4 is 11.1 Å². The van der Waals surface area contributed by atoms with Crippen molar-refractivity contribution in [3.05, 3.63) is 47.8 Å². The van der Waals surface area contributed by atoms with Crippen molar-refractivity contribution in [2.75, 3.05) is 44.4 Å². The number of anilines is 2. The first-order valence-electron chi connectivity index (χ1n) is 8.58. The number of ether oxygens (including phenoxy) is 1. The summed E-state index contributed by atoms with van der Waals surface area (Å²) in [6.45, 7) is 4.49. The van der Waals surface area contributed by atoms with Crippen molar-refractivity contribution >= 4 is 17.7 Å². The molecule has 0 radical (unpaired) electrons. The number of nitrogen functional groups attached to an aromatic ring is 1. The molecule has 26 heavy (non-hydrogen) atoms. The van der Waals surface area contributed by atoms with Gasteiger partial charge in [0, 0.05) is 50.3 Å². The van der Waals surface area contributed by atoms with Gasteiger partial charge in [0.2, 0.25) is 5.95 Å². The highest BCUT2D eigenvalue weighted by Crippen LogP contribution is 2.18. The van der Waals surface area contributed by atoms with Gasteiger partial charge < -0.3 is 20.7 Å². The van der Waals surface area contributed by atoms with Crippen molar-refractivity contribution in [2.24, 2.45) is 0 Å². The van der Waals surface area contributed by atoms with Gasteiger partial charge in [0.25, 0.3) is 0 Å². The Morgan fingerprint density at radius 3 is 2.69 bits per heavy atom. The fourth-order valence-corrected chi connectivity index (χ4v) is 2.78. The number of urea groups is 1. The van der Waals surface area contributed by atoms with Crippen LogP contribution in [0.2, 0.25) is 0 Å². The molecule has 0 unspecified atom stereocenters. The molecule has 8 heteroatoms. The molecule has 1 aliphatic rings. The second-order valence-electron chi connectivity index (χ2n) is 6.28. The monoisotopic (exact) mass is 356 g/mol. The molecule has 3 rings (SSSR count). The molecule has 2 heterocycles. The van der Waals surface area contributed by atoms with E-state index in [1.807, 2.05) is 24.3 Å². The number of morpholine rings is 1. The molecular formula is C18H24N6O2. The maximum absolute atomic E-state index is 12.5. The number of carbonyl (C=O) groups is 1. The van der Waals surface area contributed by atoms with E-state index in [0.29, 0.717) is 6.54 Å². The van der Waals surface area contributed by atoms with E-state index >= 15 is 0 Å². The molecule has 138 valence electrons. The molecule has 2 aromatic rings. The number of hydrogen-bond donors (Lipinski definition) is 2. The van der Waals surface area contributed by atoms with Crippen molar-refractivity contribution < 1.29 is 9.53 Å². The Hall–Kier alpha value is -2.71. The van der Waals surface area contributed by atoms with E-state index in [1.54, 1.807) is 24.3 Å². The quantitative estimate of drug-likeness (QED) is 0.844. The number of rotatable bonds is 5. The zero-order chi connectivity index (χ0) is 18.4. The minimum atomic E-state index is -0.184. The molecule has 1 fully saturated rings. The zero-order valence-corrected chi connectivity index (χ0v) is 14.9. The Morgan fingerprint density at radius 2 is 1.96 bits per heavy atom. The molecule has 1 aliphatic heterocycles. The average molecular weight is 356 g/mol. The third-order valence-corrected chi connectivity index (χ3v) is 4.25. The van der Waals surface area contributed by atoms with Crippen LogP contribution in [-0.4, -0.2) is 59.1 Å². The number of aromatic nitrogens is 2. The smallest absolute Gasteiger partial charge is 0.321 e. The molecule has 1 aromatic heterocycles. The van der Waals surface area contributed by atoms with Crippen molar-refractivity contribution in [3.63, 3.8) is 0 Å². The van der Waals surface area contributed by atoms with Crippen LogP contribution in [0.15, 0.2) is 36.7 Å². The predicted molar refractivity (Wildman–Crippen MR) is 99.5 cm³/mol. The molecule has 0 bridgehead atoms. The Labute approximate surface area is 153 Å². The topological polar surface area (TPSA) is 96.6 Å². The van der Waals surface area contributed by atoms with E-state index in [1.165, 1.54) is 0 Å². The molecule has 8 nitrogen and oxygen atoms in total. The lowest BCUT2D eigenvalue weighted by Crippen LogP contribution is -2.36. The van der Waals surface area contributed by atoms with Crippen LogP contribution in [0.25, 0.3) is 0 Å². The highest BCUT2D eigenvalue weighted by Gasteiger charge is 2.15. The van der Waals surface area contributed by atoms with Gasteiger partial charge in [0.05, 0.1) is 19.8 Å². The normalized spacial score (nSPS) is 14.8. The Bertz CT molecular complexity index is 731. The third-order valence-electron chi connectivity index (χ3n) is 4.25. The number of carbonyl (C=O) groups excluding carboxylic acids is 1. The molecular weight excluding hydrogens is 332 g/mol. The first-order valence-corrected chi connectivity index (χ1v) is 8.58. The summed E-state index contributed by atoms with van der Waals surface area (Å²) in [6, 6.07) is 7.69. The first kappa shape index (κ1) is 18.1. The molecule has 0 atom stereocenters. The van der Waals surface area contributed by atoms with E-state index < -0.39 is 0 Å². The van der Waals surface area contributed by atoms with Crippen molar-refractivity contribution in [1.29, 1.82) is 0 Å². The second kappa shape index (κ2) is 8.59. The van der Waals surface area contributed by atoms with Crippen LogP contribution in [0.4, 0.5) is 16.4 Å². The lowest BCUT2D eigenvalue weighted by molar-refractivity contribution is 0.0342. The highest BCUT2D eigenvalue weighted by molar-refractivity contribution is 5.89. The SMILES string of the molecule is CN(Cc1cnc(N)nc1)C(=O)Nc1ccccc1CN1CCOCC1. The zero-order valence-electron chi connectivity index (χ0n) is 14.9. The number of nitrogens with two attached hydrogens (primary N) is 1. The Balaban J connectivity index is 1.62. The summed E-state index contributed by atoms with van der Waals surface area (Å²) in [4.78, 5) is 24.3. The summed E-state index contributed by atoms with van der Waals surface area (Å²) in [5, 5.41) is 3.00. The maximum atomic E-state index is 12.5. The van der Waals surface area contributed by atoms with Gasteiger partial charge in [0.1, 0.15) is 0 Å². The van der Waals surface area contributed by atoms with Crippen LogP contribution in [0.1, 0.15) is 11.1 Å². The molecule has 2 amide bonds. The summed E-state index contributed by atoms with van der Waals surface area (Å²) in [5.74, 6) is 0.220. The van der Waals surface area contributed by atoms with Crippen LogP contribution in [0, 0.1) is 0 Å². The number of nitrogens with zero attached hydrogens (tertiary/aromatic N) is 4. The number of amides is 2. The fourth-order valence-electron chi connectivity index (χ4n) is 2.78. The summed E-state index contributed by atoms with van der Waals surface area (Å²) < 4.78 is 5.39. The van der Waals surface area contributed by atoms with Crippen molar-refractivity contribution in [2.45, 2.75) is 13.1 Å². The average Bonchev–Trinajstić information content (AvgIpc) is 2.66. The standard InChI is InChI=1S/C18H24N6O2/c1-23(12-14-10-20-17(19)21-11-14)18(25)22-16-5-3-2-4-15(16)13-24-6-8-26-9-7-24/h2-5,10-11H,6-9,12-13H2,1H3,(H,22,25)(H2,19,20,21). The molecule has 3 N–H and O–H groups in total. The van der Waals surface area contributed by atoms with Gasteiger partial charge in [-0.3, -0.25) is 4.90 Å². The summed E-state index contributed by atoms with van der Waals surface area (Å²) in [7, 11) is 1.73. The van der Waals surface area contributed by atoms with E-state index in [-0.39, 0.29) is 12.0 Å². The van der Waals surface area contributed by atoms with E-state index in [2.05, 4.69) is 20.2 Å².